The van der Waals surface area contributed by atoms with Crippen molar-refractivity contribution in [1.29, 1.82) is 0 Å². The minimum Gasteiger partial charge on any atom is -0.387 e. The molecule has 0 bridgehead atoms. The summed E-state index contributed by atoms with van der Waals surface area (Å²) >= 11 is 0. The first-order valence-electron chi connectivity index (χ1n) is 10.00. The summed E-state index contributed by atoms with van der Waals surface area (Å²) < 4.78 is 0. The highest BCUT2D eigenvalue weighted by Crippen LogP contribution is 2.34. The molecule has 1 heterocycles. The molecule has 3 aliphatic rings. The number of piperazine rings is 1. The van der Waals surface area contributed by atoms with Crippen LogP contribution in [0, 0.1) is 5.92 Å². The van der Waals surface area contributed by atoms with Gasteiger partial charge in [-0.1, -0.05) is 43.5 Å². The monoisotopic (exact) mass is 342 g/mol. The van der Waals surface area contributed by atoms with Gasteiger partial charge in [0.1, 0.15) is 0 Å². The predicted octanol–water partition coefficient (Wildman–Crippen LogP) is 2.76. The predicted molar refractivity (Wildman–Crippen MR) is 98.2 cm³/mol. The van der Waals surface area contributed by atoms with Crippen LogP contribution in [-0.4, -0.2) is 53.0 Å². The number of amides is 1. The third-order valence-corrected chi connectivity index (χ3v) is 6.49. The average molecular weight is 342 g/mol. The minimum atomic E-state index is -0.388. The van der Waals surface area contributed by atoms with Gasteiger partial charge >= 0.3 is 0 Å². The van der Waals surface area contributed by atoms with Crippen molar-refractivity contribution in [2.75, 3.05) is 26.2 Å². The molecule has 2 fully saturated rings. The number of benzene rings is 1. The maximum absolute atomic E-state index is 12.6. The van der Waals surface area contributed by atoms with Gasteiger partial charge in [0.05, 0.1) is 6.10 Å². The Bertz CT molecular complexity index is 604. The number of carbonyl (C=O) groups is 1. The van der Waals surface area contributed by atoms with Gasteiger partial charge < -0.3 is 10.0 Å². The molecular formula is C21H30N2O2. The van der Waals surface area contributed by atoms with Crippen LogP contribution in [0.3, 0.4) is 0 Å². The molecular weight excluding hydrogens is 312 g/mol. The number of hydrogen-bond acceptors (Lipinski definition) is 3. The fourth-order valence-electron chi connectivity index (χ4n) is 4.95. The molecule has 2 unspecified atom stereocenters. The molecule has 1 saturated carbocycles. The van der Waals surface area contributed by atoms with Crippen molar-refractivity contribution in [2.24, 2.45) is 5.92 Å². The van der Waals surface area contributed by atoms with Crippen molar-refractivity contribution >= 4 is 5.91 Å². The van der Waals surface area contributed by atoms with Crippen LogP contribution in [0.25, 0.3) is 0 Å². The SMILES string of the molecule is O=C(CC1CCCCC1)N1CCN(C2Cc3ccccc3C2O)CC1. The lowest BCUT2D eigenvalue weighted by atomic mass is 9.86. The van der Waals surface area contributed by atoms with Crippen LogP contribution >= 0.6 is 0 Å². The summed E-state index contributed by atoms with van der Waals surface area (Å²) in [5.41, 5.74) is 2.36. The van der Waals surface area contributed by atoms with Crippen LogP contribution in [0.1, 0.15) is 55.8 Å². The van der Waals surface area contributed by atoms with Gasteiger partial charge in [-0.3, -0.25) is 9.69 Å². The molecule has 136 valence electrons. The van der Waals surface area contributed by atoms with Crippen molar-refractivity contribution in [3.63, 3.8) is 0 Å². The summed E-state index contributed by atoms with van der Waals surface area (Å²) in [6.07, 6.45) is 7.69. The van der Waals surface area contributed by atoms with Gasteiger partial charge in [0.2, 0.25) is 5.91 Å². The number of aliphatic hydroxyl groups excluding tert-OH is 1. The highest BCUT2D eigenvalue weighted by atomic mass is 16.3. The van der Waals surface area contributed by atoms with Crippen molar-refractivity contribution in [1.82, 2.24) is 9.80 Å². The molecule has 25 heavy (non-hydrogen) atoms. The molecule has 0 aromatic heterocycles. The molecule has 1 aliphatic heterocycles. The second-order valence-corrected chi connectivity index (χ2v) is 8.04. The number of aliphatic hydroxyl groups is 1. The standard InChI is InChI=1S/C21H30N2O2/c24-20(14-16-6-2-1-3-7-16)23-12-10-22(11-13-23)19-15-17-8-4-5-9-18(17)21(19)25/h4-5,8-9,16,19,21,25H,1-3,6-7,10-15H2. The Morgan fingerprint density at radius 2 is 1.76 bits per heavy atom. The van der Waals surface area contributed by atoms with Gasteiger partial charge in [-0.25, -0.2) is 0 Å². The Balaban J connectivity index is 1.29. The van der Waals surface area contributed by atoms with Gasteiger partial charge in [-0.15, -0.1) is 0 Å². The lowest BCUT2D eigenvalue weighted by Crippen LogP contribution is -2.53. The second kappa shape index (κ2) is 7.46. The summed E-state index contributed by atoms with van der Waals surface area (Å²) in [4.78, 5) is 17.0. The van der Waals surface area contributed by atoms with E-state index in [9.17, 15) is 9.90 Å². The topological polar surface area (TPSA) is 43.8 Å². The summed E-state index contributed by atoms with van der Waals surface area (Å²) in [7, 11) is 0. The van der Waals surface area contributed by atoms with Crippen LogP contribution in [-0.2, 0) is 11.2 Å². The van der Waals surface area contributed by atoms with Crippen LogP contribution in [0.15, 0.2) is 24.3 Å². The van der Waals surface area contributed by atoms with E-state index < -0.39 is 0 Å². The zero-order valence-electron chi connectivity index (χ0n) is 15.1. The summed E-state index contributed by atoms with van der Waals surface area (Å²) in [5, 5.41) is 10.7. The van der Waals surface area contributed by atoms with Crippen molar-refractivity contribution in [3.05, 3.63) is 35.4 Å². The van der Waals surface area contributed by atoms with E-state index >= 15 is 0 Å². The first-order valence-corrected chi connectivity index (χ1v) is 10.00. The summed E-state index contributed by atoms with van der Waals surface area (Å²) in [5.74, 6) is 0.965. The molecule has 4 heteroatoms. The molecule has 1 N–H and O–H groups in total. The minimum absolute atomic E-state index is 0.174. The highest BCUT2D eigenvalue weighted by Gasteiger charge is 2.36. The second-order valence-electron chi connectivity index (χ2n) is 8.04. The van der Waals surface area contributed by atoms with E-state index in [-0.39, 0.29) is 12.1 Å². The molecule has 1 saturated heterocycles. The van der Waals surface area contributed by atoms with Gasteiger partial charge in [-0.2, -0.15) is 0 Å². The first-order chi connectivity index (χ1) is 12.2. The average Bonchev–Trinajstić information content (AvgIpc) is 3.00. The Morgan fingerprint density at radius 1 is 1.04 bits per heavy atom. The smallest absolute Gasteiger partial charge is 0.222 e. The van der Waals surface area contributed by atoms with E-state index in [0.29, 0.717) is 11.8 Å². The molecule has 4 nitrogen and oxygen atoms in total. The molecule has 0 radical (unpaired) electrons. The number of hydrogen-bond donors (Lipinski definition) is 1. The van der Waals surface area contributed by atoms with Crippen LogP contribution in [0.5, 0.6) is 0 Å². The van der Waals surface area contributed by atoms with Gasteiger partial charge in [0, 0.05) is 38.6 Å². The van der Waals surface area contributed by atoms with E-state index in [1.165, 1.54) is 37.7 Å². The number of carbonyl (C=O) groups excluding carboxylic acids is 1. The lowest BCUT2D eigenvalue weighted by Gasteiger charge is -2.39. The van der Waals surface area contributed by atoms with Gasteiger partial charge in [0.25, 0.3) is 0 Å². The van der Waals surface area contributed by atoms with Crippen molar-refractivity contribution < 1.29 is 9.90 Å². The quantitative estimate of drug-likeness (QED) is 0.919. The summed E-state index contributed by atoms with van der Waals surface area (Å²) in [6.45, 7) is 3.38. The maximum atomic E-state index is 12.6. The number of rotatable bonds is 3. The van der Waals surface area contributed by atoms with Gasteiger partial charge in [0.15, 0.2) is 0 Å². The molecule has 2 atom stereocenters. The van der Waals surface area contributed by atoms with E-state index in [2.05, 4.69) is 21.9 Å². The Morgan fingerprint density at radius 3 is 2.48 bits per heavy atom. The van der Waals surface area contributed by atoms with Crippen LogP contribution in [0.2, 0.25) is 0 Å². The molecule has 1 aromatic carbocycles. The molecule has 1 aromatic rings. The summed E-state index contributed by atoms with van der Waals surface area (Å²) in [6, 6.07) is 8.40. The number of nitrogens with zero attached hydrogens (tertiary/aromatic N) is 2. The third kappa shape index (κ3) is 3.61. The molecule has 2 aliphatic carbocycles. The van der Waals surface area contributed by atoms with Crippen LogP contribution in [0.4, 0.5) is 0 Å². The first kappa shape index (κ1) is 17.0. The van der Waals surface area contributed by atoms with E-state index in [1.807, 2.05) is 12.1 Å². The molecule has 0 spiro atoms. The zero-order chi connectivity index (χ0) is 17.2. The van der Waals surface area contributed by atoms with Crippen LogP contribution < -0.4 is 0 Å². The third-order valence-electron chi connectivity index (χ3n) is 6.49. The molecule has 4 rings (SSSR count). The van der Waals surface area contributed by atoms with E-state index in [0.717, 1.165) is 44.6 Å². The van der Waals surface area contributed by atoms with Gasteiger partial charge in [-0.05, 0) is 36.3 Å². The van der Waals surface area contributed by atoms with Crippen molar-refractivity contribution in [3.8, 4) is 0 Å². The Labute approximate surface area is 150 Å². The fraction of sp³-hybridized carbons (Fsp3) is 0.667. The highest BCUT2D eigenvalue weighted by molar-refractivity contribution is 5.76. The number of fused-ring (bicyclic) bond motifs is 1. The van der Waals surface area contributed by atoms with E-state index in [1.54, 1.807) is 0 Å². The van der Waals surface area contributed by atoms with Crippen molar-refractivity contribution in [2.45, 2.75) is 57.1 Å². The van der Waals surface area contributed by atoms with E-state index in [4.69, 9.17) is 0 Å². The molecule has 1 amide bonds. The Hall–Kier alpha value is -1.39. The normalized spacial score (nSPS) is 28.1. The zero-order valence-corrected chi connectivity index (χ0v) is 15.1. The Kier molecular flexibility index (Phi) is 5.09. The fourth-order valence-corrected chi connectivity index (χ4v) is 4.95. The maximum Gasteiger partial charge on any atom is 0.222 e. The largest absolute Gasteiger partial charge is 0.387 e. The lowest BCUT2D eigenvalue weighted by molar-refractivity contribution is -0.134.